The monoisotopic (exact) mass is 260 g/mol. The van der Waals surface area contributed by atoms with Gasteiger partial charge < -0.3 is 10.2 Å². The van der Waals surface area contributed by atoms with Crippen molar-refractivity contribution in [2.24, 2.45) is 0 Å². The van der Waals surface area contributed by atoms with Gasteiger partial charge in [-0.1, -0.05) is 12.8 Å². The fourth-order valence-electron chi connectivity index (χ4n) is 3.30. The Morgan fingerprint density at radius 2 is 1.95 bits per heavy atom. The van der Waals surface area contributed by atoms with E-state index in [2.05, 4.69) is 10.3 Å². The molecule has 1 aromatic heterocycles. The Kier molecular flexibility index (Phi) is 3.69. The molecule has 19 heavy (non-hydrogen) atoms. The van der Waals surface area contributed by atoms with E-state index in [1.807, 2.05) is 25.2 Å². The number of hydrogen-bond donors (Lipinski definition) is 1. The van der Waals surface area contributed by atoms with E-state index < -0.39 is 0 Å². The van der Waals surface area contributed by atoms with Crippen molar-refractivity contribution >= 4 is 5.95 Å². The molecular formula is C15H24N4. The van der Waals surface area contributed by atoms with Gasteiger partial charge in [-0.2, -0.15) is 0 Å². The molecule has 1 aromatic rings. The maximum Gasteiger partial charge on any atom is 0.225 e. The predicted octanol–water partition coefficient (Wildman–Crippen LogP) is 2.45. The van der Waals surface area contributed by atoms with Crippen LogP contribution in [0.15, 0.2) is 6.20 Å². The normalized spacial score (nSPS) is 23.4. The summed E-state index contributed by atoms with van der Waals surface area (Å²) >= 11 is 0. The van der Waals surface area contributed by atoms with Gasteiger partial charge in [0.25, 0.3) is 0 Å². The molecule has 104 valence electrons. The molecule has 0 aliphatic heterocycles. The molecule has 4 nitrogen and oxygen atoms in total. The lowest BCUT2D eigenvalue weighted by Crippen LogP contribution is -2.33. The van der Waals surface area contributed by atoms with Crippen LogP contribution >= 0.6 is 0 Å². The van der Waals surface area contributed by atoms with Crippen LogP contribution in [0.4, 0.5) is 5.95 Å². The summed E-state index contributed by atoms with van der Waals surface area (Å²) in [5, 5.41) is 3.83. The molecule has 0 spiro atoms. The van der Waals surface area contributed by atoms with Crippen molar-refractivity contribution in [1.82, 2.24) is 15.3 Å². The summed E-state index contributed by atoms with van der Waals surface area (Å²) in [4.78, 5) is 11.2. The van der Waals surface area contributed by atoms with E-state index in [1.54, 1.807) is 0 Å². The molecular weight excluding hydrogens is 236 g/mol. The Balaban J connectivity index is 1.79. The third kappa shape index (κ3) is 2.73. The summed E-state index contributed by atoms with van der Waals surface area (Å²) in [6.07, 6.45) is 11.0. The second-order valence-electron chi connectivity index (χ2n) is 6.06. The highest BCUT2D eigenvalue weighted by molar-refractivity contribution is 5.34. The average Bonchev–Trinajstić information content (AvgIpc) is 2.91. The molecule has 0 saturated heterocycles. The number of hydrogen-bond acceptors (Lipinski definition) is 4. The molecule has 0 aromatic carbocycles. The number of nitrogens with one attached hydrogen (secondary N) is 1. The van der Waals surface area contributed by atoms with Gasteiger partial charge in [0.05, 0.1) is 5.69 Å². The first-order valence-corrected chi connectivity index (χ1v) is 7.53. The first-order valence-electron chi connectivity index (χ1n) is 7.53. The van der Waals surface area contributed by atoms with Gasteiger partial charge in [0.2, 0.25) is 5.95 Å². The molecule has 1 saturated carbocycles. The largest absolute Gasteiger partial charge is 0.347 e. The van der Waals surface area contributed by atoms with Gasteiger partial charge in [-0.3, -0.25) is 0 Å². The SMILES string of the molecule is CN(C)c1ncc2c(n1)CCCC2NC1CCCC1. The number of nitrogens with zero attached hydrogens (tertiary/aromatic N) is 3. The van der Waals surface area contributed by atoms with Crippen molar-refractivity contribution in [2.45, 2.75) is 57.0 Å². The van der Waals surface area contributed by atoms with E-state index in [-0.39, 0.29) is 0 Å². The zero-order valence-electron chi connectivity index (χ0n) is 12.0. The minimum Gasteiger partial charge on any atom is -0.347 e. The Hall–Kier alpha value is -1.16. The van der Waals surface area contributed by atoms with Crippen LogP contribution in [0.1, 0.15) is 55.8 Å². The quantitative estimate of drug-likeness (QED) is 0.906. The molecule has 2 aliphatic carbocycles. The van der Waals surface area contributed by atoms with Gasteiger partial charge >= 0.3 is 0 Å². The van der Waals surface area contributed by atoms with E-state index in [0.717, 1.165) is 12.4 Å². The first-order chi connectivity index (χ1) is 9.24. The fourth-order valence-corrected chi connectivity index (χ4v) is 3.30. The lowest BCUT2D eigenvalue weighted by molar-refractivity contribution is 0.393. The molecule has 1 atom stereocenters. The Labute approximate surface area is 115 Å². The predicted molar refractivity (Wildman–Crippen MR) is 77.4 cm³/mol. The Bertz CT molecular complexity index is 438. The van der Waals surface area contributed by atoms with Gasteiger partial charge in [-0.15, -0.1) is 0 Å². The highest BCUT2D eigenvalue weighted by Gasteiger charge is 2.26. The molecule has 1 fully saturated rings. The standard InChI is InChI=1S/C15H24N4/c1-19(2)15-16-10-12-13(8-5-9-14(12)18-15)17-11-6-3-4-7-11/h10-11,13,17H,3-9H2,1-2H3. The Morgan fingerprint density at radius 3 is 2.68 bits per heavy atom. The summed E-state index contributed by atoms with van der Waals surface area (Å²) in [6.45, 7) is 0. The fraction of sp³-hybridized carbons (Fsp3) is 0.733. The van der Waals surface area contributed by atoms with Gasteiger partial charge in [-0.05, 0) is 32.1 Å². The van der Waals surface area contributed by atoms with Crippen molar-refractivity contribution in [2.75, 3.05) is 19.0 Å². The summed E-state index contributed by atoms with van der Waals surface area (Å²) in [6, 6.07) is 1.19. The number of anilines is 1. The second kappa shape index (κ2) is 5.45. The molecule has 3 rings (SSSR count). The third-order valence-electron chi connectivity index (χ3n) is 4.36. The number of aryl methyl sites for hydroxylation is 1. The minimum atomic E-state index is 0.475. The van der Waals surface area contributed by atoms with Crippen LogP contribution in [0.3, 0.4) is 0 Å². The van der Waals surface area contributed by atoms with Crippen molar-refractivity contribution in [1.29, 1.82) is 0 Å². The Morgan fingerprint density at radius 1 is 1.16 bits per heavy atom. The molecule has 0 radical (unpaired) electrons. The summed E-state index contributed by atoms with van der Waals surface area (Å²) in [7, 11) is 4.00. The first kappa shape index (κ1) is 12.9. The molecule has 0 bridgehead atoms. The lowest BCUT2D eigenvalue weighted by Gasteiger charge is -2.28. The minimum absolute atomic E-state index is 0.475. The van der Waals surface area contributed by atoms with Gasteiger partial charge in [0, 0.05) is 37.9 Å². The molecule has 1 unspecified atom stereocenters. The highest BCUT2D eigenvalue weighted by atomic mass is 15.2. The van der Waals surface area contributed by atoms with Crippen molar-refractivity contribution in [3.05, 3.63) is 17.5 Å². The van der Waals surface area contributed by atoms with Crippen LogP contribution in [0, 0.1) is 0 Å². The van der Waals surface area contributed by atoms with Crippen molar-refractivity contribution < 1.29 is 0 Å². The summed E-state index contributed by atoms with van der Waals surface area (Å²) < 4.78 is 0. The van der Waals surface area contributed by atoms with Crippen LogP contribution in [0.5, 0.6) is 0 Å². The van der Waals surface area contributed by atoms with E-state index in [1.165, 1.54) is 49.8 Å². The van der Waals surface area contributed by atoms with Gasteiger partial charge in [0.1, 0.15) is 0 Å². The van der Waals surface area contributed by atoms with Crippen LogP contribution < -0.4 is 10.2 Å². The van der Waals surface area contributed by atoms with Crippen LogP contribution in [-0.2, 0) is 6.42 Å². The maximum absolute atomic E-state index is 4.71. The summed E-state index contributed by atoms with van der Waals surface area (Å²) in [5.41, 5.74) is 2.59. The zero-order valence-corrected chi connectivity index (χ0v) is 12.0. The highest BCUT2D eigenvalue weighted by Crippen LogP contribution is 2.31. The van der Waals surface area contributed by atoms with E-state index in [0.29, 0.717) is 12.1 Å². The van der Waals surface area contributed by atoms with E-state index >= 15 is 0 Å². The second-order valence-corrected chi connectivity index (χ2v) is 6.06. The number of fused-ring (bicyclic) bond motifs is 1. The van der Waals surface area contributed by atoms with Crippen molar-refractivity contribution in [3.63, 3.8) is 0 Å². The molecule has 4 heteroatoms. The topological polar surface area (TPSA) is 41.1 Å². The smallest absolute Gasteiger partial charge is 0.225 e. The zero-order chi connectivity index (χ0) is 13.2. The molecule has 0 amide bonds. The third-order valence-corrected chi connectivity index (χ3v) is 4.36. The van der Waals surface area contributed by atoms with Crippen LogP contribution in [0.25, 0.3) is 0 Å². The summed E-state index contributed by atoms with van der Waals surface area (Å²) in [5.74, 6) is 0.834. The van der Waals surface area contributed by atoms with Crippen LogP contribution in [-0.4, -0.2) is 30.1 Å². The molecule has 1 heterocycles. The van der Waals surface area contributed by atoms with Gasteiger partial charge in [-0.25, -0.2) is 9.97 Å². The van der Waals surface area contributed by atoms with E-state index in [4.69, 9.17) is 4.98 Å². The van der Waals surface area contributed by atoms with Crippen molar-refractivity contribution in [3.8, 4) is 0 Å². The van der Waals surface area contributed by atoms with E-state index in [9.17, 15) is 0 Å². The molecule has 1 N–H and O–H groups in total. The maximum atomic E-state index is 4.71. The average molecular weight is 260 g/mol. The number of aromatic nitrogens is 2. The number of rotatable bonds is 3. The van der Waals surface area contributed by atoms with Crippen LogP contribution in [0.2, 0.25) is 0 Å². The lowest BCUT2D eigenvalue weighted by atomic mass is 9.91. The molecule has 2 aliphatic rings. The van der Waals surface area contributed by atoms with Gasteiger partial charge in [0.15, 0.2) is 0 Å².